The number of rotatable bonds is 11. The van der Waals surface area contributed by atoms with Crippen molar-refractivity contribution in [3.8, 4) is 22.9 Å². The smallest absolute Gasteiger partial charge is 0.335 e. The minimum atomic E-state index is -0.928. The van der Waals surface area contributed by atoms with Crippen molar-refractivity contribution in [3.63, 3.8) is 0 Å². The van der Waals surface area contributed by atoms with Gasteiger partial charge in [-0.15, -0.1) is 0 Å². The van der Waals surface area contributed by atoms with Crippen LogP contribution in [0.1, 0.15) is 36.7 Å². The molecule has 1 N–H and O–H groups in total. The number of benzene rings is 3. The number of carbonyl (C=O) groups excluding carboxylic acids is 1. The molecule has 0 radical (unpaired) electrons. The molecule has 0 aliphatic rings. The Morgan fingerprint density at radius 1 is 0.957 bits per heavy atom. The van der Waals surface area contributed by atoms with E-state index >= 15 is 4.39 Å². The van der Waals surface area contributed by atoms with Gasteiger partial charge < -0.3 is 19.5 Å². The third kappa shape index (κ3) is 7.12. The van der Waals surface area contributed by atoms with Crippen molar-refractivity contribution in [1.29, 1.82) is 0 Å². The van der Waals surface area contributed by atoms with E-state index < -0.39 is 28.8 Å². The van der Waals surface area contributed by atoms with Crippen LogP contribution in [0.2, 0.25) is 0 Å². The van der Waals surface area contributed by atoms with Gasteiger partial charge in [-0.1, -0.05) is 11.6 Å². The van der Waals surface area contributed by atoms with Gasteiger partial charge in [0.1, 0.15) is 17.1 Å². The maximum atomic E-state index is 15.3. The molecule has 0 saturated carbocycles. The Morgan fingerprint density at radius 3 is 2.22 bits per heavy atom. The minimum absolute atomic E-state index is 0.0197. The maximum Gasteiger partial charge on any atom is 0.335 e. The number of hydrogen-bond acceptors (Lipinski definition) is 7. The summed E-state index contributed by atoms with van der Waals surface area (Å²) in [6.45, 7) is 9.01. The van der Waals surface area contributed by atoms with Crippen LogP contribution in [-0.2, 0) is 6.54 Å². The van der Waals surface area contributed by atoms with Gasteiger partial charge in [0.15, 0.2) is 23.1 Å². The summed E-state index contributed by atoms with van der Waals surface area (Å²) in [5.41, 5.74) is -0.162. The average molecular weight is 631 g/mol. The topological polar surface area (TPSA) is 113 Å². The number of hydrogen-bond donors (Lipinski definition) is 1. The van der Waals surface area contributed by atoms with Gasteiger partial charge in [0.2, 0.25) is 0 Å². The van der Waals surface area contributed by atoms with Gasteiger partial charge in [0.05, 0.1) is 25.6 Å². The fraction of sp³-hybridized carbons (Fsp3) is 0.176. The highest BCUT2D eigenvalue weighted by molar-refractivity contribution is 6.03. The Hall–Kier alpha value is -5.78. The van der Waals surface area contributed by atoms with Crippen molar-refractivity contribution in [2.75, 3.05) is 19.5 Å². The summed E-state index contributed by atoms with van der Waals surface area (Å²) < 4.78 is 47.4. The van der Waals surface area contributed by atoms with E-state index in [9.17, 15) is 18.8 Å². The summed E-state index contributed by atoms with van der Waals surface area (Å²) in [5.74, 6) is -1.36. The van der Waals surface area contributed by atoms with Crippen LogP contribution in [0, 0.1) is 11.6 Å². The van der Waals surface area contributed by atoms with E-state index in [0.29, 0.717) is 22.7 Å². The van der Waals surface area contributed by atoms with E-state index in [1.165, 1.54) is 43.1 Å². The molecule has 0 fully saturated rings. The van der Waals surface area contributed by atoms with Crippen molar-refractivity contribution < 1.29 is 27.8 Å². The van der Waals surface area contributed by atoms with Crippen molar-refractivity contribution in [1.82, 2.24) is 9.13 Å². The molecule has 4 aromatic rings. The molecule has 0 spiro atoms. The van der Waals surface area contributed by atoms with Gasteiger partial charge in [-0.3, -0.25) is 19.1 Å². The second-order valence-electron chi connectivity index (χ2n) is 10.1. The summed E-state index contributed by atoms with van der Waals surface area (Å²) in [6, 6.07) is 11.7. The third-order valence-electron chi connectivity index (χ3n) is 6.79. The molecular weight excluding hydrogens is 598 g/mol. The summed E-state index contributed by atoms with van der Waals surface area (Å²) in [5, 5.41) is 2.50. The van der Waals surface area contributed by atoms with Crippen LogP contribution < -0.4 is 30.8 Å². The molecule has 0 aliphatic heterocycles. The summed E-state index contributed by atoms with van der Waals surface area (Å²) in [6.07, 6.45) is 4.49. The molecule has 0 atom stereocenters. The highest BCUT2D eigenvalue weighted by Gasteiger charge is 2.20. The summed E-state index contributed by atoms with van der Waals surface area (Å²) in [7, 11) is 2.96. The maximum absolute atomic E-state index is 15.3. The number of allylic oxidation sites excluding steroid dienone is 3. The Balaban J connectivity index is 1.66. The number of ether oxygens (including phenoxy) is 3. The Morgan fingerprint density at radius 2 is 1.63 bits per heavy atom. The fourth-order valence-corrected chi connectivity index (χ4v) is 4.43. The van der Waals surface area contributed by atoms with Gasteiger partial charge in [-0.05, 0) is 76.0 Å². The standard InChI is InChI=1S/C34H32F2N4O6/c1-7-28(24-17-30(44-5)31(45-6)18-27(24)37-4)46-29-13-10-22(16-26(29)36)38-32(41)25-19-39(15-14-20(2)3)34(43)40(33(25)42)23-11-8-21(35)9-12-23/h7-14,16-19H,4,15H2,1-3,5-6H3,(H,38,41)/b28-7+. The molecule has 1 amide bonds. The second kappa shape index (κ2) is 14.3. The van der Waals surface area contributed by atoms with Crippen LogP contribution in [0.5, 0.6) is 17.2 Å². The Bertz CT molecular complexity index is 1970. The first-order valence-electron chi connectivity index (χ1n) is 13.9. The third-order valence-corrected chi connectivity index (χ3v) is 6.79. The van der Waals surface area contributed by atoms with Crippen LogP contribution in [0.15, 0.2) is 93.1 Å². The predicted molar refractivity (Wildman–Crippen MR) is 173 cm³/mol. The predicted octanol–water partition coefficient (Wildman–Crippen LogP) is 6.29. The number of nitrogens with one attached hydrogen (secondary N) is 1. The normalized spacial score (nSPS) is 11.1. The number of amides is 1. The molecule has 1 heterocycles. The molecule has 1 aromatic heterocycles. The molecule has 4 rings (SSSR count). The molecule has 0 bridgehead atoms. The van der Waals surface area contributed by atoms with Crippen molar-refractivity contribution in [2.45, 2.75) is 27.3 Å². The van der Waals surface area contributed by atoms with Gasteiger partial charge >= 0.3 is 5.69 Å². The zero-order valence-electron chi connectivity index (χ0n) is 25.9. The summed E-state index contributed by atoms with van der Waals surface area (Å²) in [4.78, 5) is 44.0. The molecular formula is C34H32F2N4O6. The number of anilines is 1. The van der Waals surface area contributed by atoms with E-state index in [0.717, 1.165) is 34.5 Å². The largest absolute Gasteiger partial charge is 0.493 e. The van der Waals surface area contributed by atoms with Crippen LogP contribution in [0.25, 0.3) is 11.4 Å². The first kappa shape index (κ1) is 33.1. The van der Waals surface area contributed by atoms with Crippen molar-refractivity contribution >= 4 is 29.8 Å². The number of halogens is 2. The SMILES string of the molecule is C=Nc1cc(OC)c(OC)cc1/C(=C\C)Oc1ccc(NC(=O)c2cn(CC=C(C)C)c(=O)n(-c3ccc(F)cc3)c2=O)cc1F. The van der Waals surface area contributed by atoms with Crippen LogP contribution in [-0.4, -0.2) is 36.0 Å². The lowest BCUT2D eigenvalue weighted by Gasteiger charge is -2.16. The quantitative estimate of drug-likeness (QED) is 0.119. The monoisotopic (exact) mass is 630 g/mol. The van der Waals surface area contributed by atoms with Gasteiger partial charge in [0, 0.05) is 36.1 Å². The molecule has 0 aliphatic carbocycles. The first-order chi connectivity index (χ1) is 22.0. The summed E-state index contributed by atoms with van der Waals surface area (Å²) >= 11 is 0. The number of methoxy groups -OCH3 is 2. The van der Waals surface area contributed by atoms with E-state index in [1.807, 2.05) is 13.8 Å². The van der Waals surface area contributed by atoms with Crippen molar-refractivity contribution in [2.24, 2.45) is 4.99 Å². The molecule has 3 aromatic carbocycles. The Labute approximate surface area is 263 Å². The number of nitrogens with zero attached hydrogens (tertiary/aromatic N) is 3. The van der Waals surface area contributed by atoms with E-state index in [2.05, 4.69) is 17.0 Å². The second-order valence-corrected chi connectivity index (χ2v) is 10.1. The molecule has 46 heavy (non-hydrogen) atoms. The highest BCUT2D eigenvalue weighted by atomic mass is 19.1. The lowest BCUT2D eigenvalue weighted by Crippen LogP contribution is -2.42. The fourth-order valence-electron chi connectivity index (χ4n) is 4.43. The number of aromatic nitrogens is 2. The van der Waals surface area contributed by atoms with Crippen molar-refractivity contribution in [3.05, 3.63) is 122 Å². The van der Waals surface area contributed by atoms with E-state index in [-0.39, 0.29) is 35.0 Å². The first-order valence-corrected chi connectivity index (χ1v) is 13.9. The number of carbonyl (C=O) groups is 1. The van der Waals surface area contributed by atoms with Gasteiger partial charge in [0.25, 0.3) is 11.5 Å². The molecule has 0 unspecified atom stereocenters. The zero-order chi connectivity index (χ0) is 33.5. The van der Waals surface area contributed by atoms with Gasteiger partial charge in [-0.2, -0.15) is 0 Å². The highest BCUT2D eigenvalue weighted by Crippen LogP contribution is 2.39. The molecule has 12 heteroatoms. The van der Waals surface area contributed by atoms with Crippen LogP contribution in [0.4, 0.5) is 20.2 Å². The van der Waals surface area contributed by atoms with Crippen LogP contribution in [0.3, 0.4) is 0 Å². The van der Waals surface area contributed by atoms with Crippen LogP contribution >= 0.6 is 0 Å². The minimum Gasteiger partial charge on any atom is -0.493 e. The van der Waals surface area contributed by atoms with Gasteiger partial charge in [-0.25, -0.2) is 18.1 Å². The van der Waals surface area contributed by atoms with E-state index in [1.54, 1.807) is 31.2 Å². The van der Waals surface area contributed by atoms with E-state index in [4.69, 9.17) is 14.2 Å². The Kier molecular flexibility index (Phi) is 10.3. The lowest BCUT2D eigenvalue weighted by molar-refractivity contribution is 0.102. The molecule has 0 saturated heterocycles. The molecule has 10 nitrogen and oxygen atoms in total. The zero-order valence-corrected chi connectivity index (χ0v) is 25.9. The average Bonchev–Trinajstić information content (AvgIpc) is 3.04. The lowest BCUT2D eigenvalue weighted by atomic mass is 10.1. The molecule has 238 valence electrons. The number of aliphatic imine (C=N–C) groups is 1.